The Morgan fingerprint density at radius 2 is 2.00 bits per heavy atom. The third-order valence-electron chi connectivity index (χ3n) is 3.32. The number of amides is 1. The Hall–Kier alpha value is -0.770. The van der Waals surface area contributed by atoms with E-state index in [0.29, 0.717) is 0 Å². The summed E-state index contributed by atoms with van der Waals surface area (Å²) in [7, 11) is 0. The van der Waals surface area contributed by atoms with Crippen LogP contribution < -0.4 is 0 Å². The molecule has 0 aliphatic carbocycles. The minimum Gasteiger partial charge on any atom is -0.340 e. The van der Waals surface area contributed by atoms with E-state index in [1.807, 2.05) is 28.7 Å². The number of hydrogen-bond acceptors (Lipinski definition) is 1. The Morgan fingerprint density at radius 3 is 2.44 bits per heavy atom. The van der Waals surface area contributed by atoms with Gasteiger partial charge in [0, 0.05) is 29.3 Å². The van der Waals surface area contributed by atoms with Crippen LogP contribution in [0.1, 0.15) is 57.6 Å². The van der Waals surface area contributed by atoms with E-state index in [2.05, 4.69) is 43.6 Å². The van der Waals surface area contributed by atoms with E-state index in [1.54, 1.807) is 0 Å². The van der Waals surface area contributed by atoms with Crippen LogP contribution in [0.3, 0.4) is 0 Å². The van der Waals surface area contributed by atoms with Crippen LogP contribution in [0.4, 0.5) is 0 Å². The molecule has 4 heteroatoms. The summed E-state index contributed by atoms with van der Waals surface area (Å²) in [6, 6.07) is 2.47. The van der Waals surface area contributed by atoms with Gasteiger partial charge in [0.05, 0.1) is 0 Å². The van der Waals surface area contributed by atoms with Crippen molar-refractivity contribution in [3.8, 4) is 0 Å². The fourth-order valence-electron chi connectivity index (χ4n) is 2.07. The summed E-state index contributed by atoms with van der Waals surface area (Å²) in [4.78, 5) is 14.5. The quantitative estimate of drug-likeness (QED) is 0.803. The third-order valence-corrected chi connectivity index (χ3v) is 3.75. The predicted molar refractivity (Wildman–Crippen MR) is 79.0 cm³/mol. The van der Waals surface area contributed by atoms with Crippen LogP contribution in [0.5, 0.6) is 0 Å². The largest absolute Gasteiger partial charge is 0.340 e. The summed E-state index contributed by atoms with van der Waals surface area (Å²) in [5.41, 5.74) is 0.763. The smallest absolute Gasteiger partial charge is 0.270 e. The fraction of sp³-hybridized carbons (Fsp3) is 0.643. The highest BCUT2D eigenvalue weighted by Gasteiger charge is 2.22. The molecule has 1 aromatic heterocycles. The van der Waals surface area contributed by atoms with Crippen molar-refractivity contribution < 1.29 is 4.79 Å². The second-order valence-electron chi connectivity index (χ2n) is 4.89. The van der Waals surface area contributed by atoms with Crippen molar-refractivity contribution in [1.29, 1.82) is 0 Å². The van der Waals surface area contributed by atoms with Crippen molar-refractivity contribution in [2.24, 2.45) is 0 Å². The highest BCUT2D eigenvalue weighted by molar-refractivity contribution is 9.10. The molecule has 1 rings (SSSR count). The van der Waals surface area contributed by atoms with Gasteiger partial charge in [0.15, 0.2) is 0 Å². The zero-order chi connectivity index (χ0) is 13.9. The van der Waals surface area contributed by atoms with Gasteiger partial charge in [-0.1, -0.05) is 6.92 Å². The van der Waals surface area contributed by atoms with Crippen LogP contribution in [0.25, 0.3) is 0 Å². The van der Waals surface area contributed by atoms with E-state index in [1.165, 1.54) is 0 Å². The van der Waals surface area contributed by atoms with Gasteiger partial charge in [-0.15, -0.1) is 0 Å². The van der Waals surface area contributed by atoms with E-state index in [-0.39, 0.29) is 18.0 Å². The molecule has 3 nitrogen and oxygen atoms in total. The topological polar surface area (TPSA) is 25.2 Å². The van der Waals surface area contributed by atoms with Gasteiger partial charge in [-0.25, -0.2) is 0 Å². The number of rotatable bonds is 5. The molecule has 0 aromatic carbocycles. The lowest BCUT2D eigenvalue weighted by molar-refractivity contribution is 0.0687. The van der Waals surface area contributed by atoms with Gasteiger partial charge < -0.3 is 9.47 Å². The molecule has 1 unspecified atom stereocenters. The minimum absolute atomic E-state index is 0.117. The SMILES string of the molecule is CCC(C)N(CC)C(=O)c1cc(Br)cn1C(C)C. The van der Waals surface area contributed by atoms with Crippen LogP contribution >= 0.6 is 15.9 Å². The van der Waals surface area contributed by atoms with Crippen molar-refractivity contribution in [2.45, 2.75) is 53.1 Å². The third kappa shape index (κ3) is 3.16. The van der Waals surface area contributed by atoms with Crippen molar-refractivity contribution in [1.82, 2.24) is 9.47 Å². The lowest BCUT2D eigenvalue weighted by atomic mass is 10.2. The number of carbonyl (C=O) groups excluding carboxylic acids is 1. The summed E-state index contributed by atoms with van der Waals surface area (Å²) in [6.07, 6.45) is 2.95. The molecular weight excluding hydrogens is 292 g/mol. The van der Waals surface area contributed by atoms with Crippen LogP contribution in [0.2, 0.25) is 0 Å². The maximum Gasteiger partial charge on any atom is 0.270 e. The summed E-state index contributed by atoms with van der Waals surface area (Å²) in [5, 5.41) is 0. The van der Waals surface area contributed by atoms with Crippen molar-refractivity contribution in [3.05, 3.63) is 22.4 Å². The highest BCUT2D eigenvalue weighted by atomic mass is 79.9. The average molecular weight is 315 g/mol. The first kappa shape index (κ1) is 15.3. The van der Waals surface area contributed by atoms with Gasteiger partial charge in [-0.2, -0.15) is 0 Å². The first-order chi connectivity index (χ1) is 8.42. The molecule has 0 N–H and O–H groups in total. The van der Waals surface area contributed by atoms with Crippen LogP contribution in [-0.4, -0.2) is 28.0 Å². The van der Waals surface area contributed by atoms with Crippen LogP contribution in [0, 0.1) is 0 Å². The molecule has 0 aliphatic rings. The molecule has 1 aromatic rings. The Morgan fingerprint density at radius 1 is 1.39 bits per heavy atom. The molecule has 0 fully saturated rings. The molecular formula is C14H23BrN2O. The van der Waals surface area contributed by atoms with Crippen molar-refractivity contribution in [2.75, 3.05) is 6.54 Å². The zero-order valence-electron chi connectivity index (χ0n) is 11.9. The lowest BCUT2D eigenvalue weighted by Gasteiger charge is -2.28. The van der Waals surface area contributed by atoms with Crippen LogP contribution in [0.15, 0.2) is 16.7 Å². The van der Waals surface area contributed by atoms with Gasteiger partial charge in [0.25, 0.3) is 5.91 Å². The number of carbonyl (C=O) groups is 1. The van der Waals surface area contributed by atoms with Gasteiger partial charge in [-0.05, 0) is 56.1 Å². The maximum absolute atomic E-state index is 12.6. The van der Waals surface area contributed by atoms with Crippen molar-refractivity contribution in [3.63, 3.8) is 0 Å². The van der Waals surface area contributed by atoms with Gasteiger partial charge >= 0.3 is 0 Å². The van der Waals surface area contributed by atoms with Gasteiger partial charge in [0.1, 0.15) is 5.69 Å². The predicted octanol–water partition coefficient (Wildman–Crippen LogP) is 4.09. The summed E-state index contributed by atoms with van der Waals surface area (Å²) >= 11 is 3.45. The Balaban J connectivity index is 3.09. The molecule has 0 aliphatic heterocycles. The monoisotopic (exact) mass is 314 g/mol. The van der Waals surface area contributed by atoms with Crippen molar-refractivity contribution >= 4 is 21.8 Å². The summed E-state index contributed by atoms with van der Waals surface area (Å²) < 4.78 is 2.98. The molecule has 0 radical (unpaired) electrons. The molecule has 18 heavy (non-hydrogen) atoms. The van der Waals surface area contributed by atoms with E-state index in [9.17, 15) is 4.79 Å². The lowest BCUT2D eigenvalue weighted by Crippen LogP contribution is -2.39. The molecule has 0 spiro atoms. The summed E-state index contributed by atoms with van der Waals surface area (Å²) in [6.45, 7) is 11.2. The highest BCUT2D eigenvalue weighted by Crippen LogP contribution is 2.21. The van der Waals surface area contributed by atoms with E-state index >= 15 is 0 Å². The Labute approximate surface area is 118 Å². The first-order valence-corrected chi connectivity index (χ1v) is 7.39. The molecule has 0 bridgehead atoms. The molecule has 0 saturated carbocycles. The second-order valence-corrected chi connectivity index (χ2v) is 5.81. The normalized spacial score (nSPS) is 12.8. The number of halogens is 1. The van der Waals surface area contributed by atoms with E-state index < -0.39 is 0 Å². The fourth-order valence-corrected chi connectivity index (χ4v) is 2.50. The Bertz CT molecular complexity index is 412. The van der Waals surface area contributed by atoms with Gasteiger partial charge in [0.2, 0.25) is 0 Å². The standard InChI is InChI=1S/C14H23BrN2O/c1-6-11(5)16(7-2)14(18)13-8-12(15)9-17(13)10(3)4/h8-11H,6-7H2,1-5H3. The maximum atomic E-state index is 12.6. The minimum atomic E-state index is 0.117. The van der Waals surface area contributed by atoms with Gasteiger partial charge in [-0.3, -0.25) is 4.79 Å². The number of hydrogen-bond donors (Lipinski definition) is 0. The second kappa shape index (κ2) is 6.41. The van der Waals surface area contributed by atoms with Crippen LogP contribution in [-0.2, 0) is 0 Å². The Kier molecular flexibility index (Phi) is 5.45. The molecule has 0 saturated heterocycles. The summed E-state index contributed by atoms with van der Waals surface area (Å²) in [5.74, 6) is 0.117. The molecule has 102 valence electrons. The number of nitrogens with zero attached hydrogens (tertiary/aromatic N) is 2. The average Bonchev–Trinajstić information content (AvgIpc) is 2.72. The molecule has 1 heterocycles. The van der Waals surface area contributed by atoms with E-state index in [4.69, 9.17) is 0 Å². The first-order valence-electron chi connectivity index (χ1n) is 6.60. The van der Waals surface area contributed by atoms with E-state index in [0.717, 1.165) is 23.1 Å². The molecule has 1 atom stereocenters. The molecule has 1 amide bonds. The zero-order valence-corrected chi connectivity index (χ0v) is 13.5. The number of aromatic nitrogens is 1.